The molecule has 0 spiro atoms. The van der Waals surface area contributed by atoms with Gasteiger partial charge >= 0.3 is 0 Å². The first-order valence-electron chi connectivity index (χ1n) is 8.57. The first kappa shape index (κ1) is 19.0. The molecule has 0 aromatic heterocycles. The van der Waals surface area contributed by atoms with Crippen LogP contribution >= 0.6 is 0 Å². The fourth-order valence-corrected chi connectivity index (χ4v) is 3.79. The molecule has 0 saturated carbocycles. The van der Waals surface area contributed by atoms with Gasteiger partial charge in [-0.15, -0.1) is 0 Å². The number of sulfonamides is 1. The highest BCUT2D eigenvalue weighted by Gasteiger charge is 2.21. The molecule has 1 aliphatic rings. The lowest BCUT2D eigenvalue weighted by Crippen LogP contribution is -2.38. The smallest absolute Gasteiger partial charge is 0.251 e. The zero-order valence-corrected chi connectivity index (χ0v) is 16.1. The molecule has 0 unspecified atom stereocenters. The number of carbonyl (C=O) groups excluding carboxylic acids is 1. The van der Waals surface area contributed by atoms with Crippen LogP contribution in [0.1, 0.15) is 15.9 Å². The molecule has 0 saturated heterocycles. The molecule has 1 aliphatic heterocycles. The van der Waals surface area contributed by atoms with E-state index in [0.29, 0.717) is 36.0 Å². The Morgan fingerprint density at radius 2 is 1.81 bits per heavy atom. The Hall–Kier alpha value is -2.74. The quantitative estimate of drug-likeness (QED) is 0.815. The standard InChI is InChI=1S/C19H22N2O5S/c1-14-5-3-4-6-16(14)19(22)20-9-10-21(27(2,23)24)15-7-8-17-18(13-15)26-12-11-25-17/h3-8,13H,9-12H2,1-2H3,(H,20,22). The van der Waals surface area contributed by atoms with E-state index in [1.807, 2.05) is 19.1 Å². The molecule has 8 heteroatoms. The van der Waals surface area contributed by atoms with Crippen molar-refractivity contribution in [2.45, 2.75) is 6.92 Å². The van der Waals surface area contributed by atoms with Crippen molar-refractivity contribution in [3.63, 3.8) is 0 Å². The molecular formula is C19H22N2O5S. The van der Waals surface area contributed by atoms with Crippen molar-refractivity contribution >= 4 is 21.6 Å². The van der Waals surface area contributed by atoms with E-state index in [2.05, 4.69) is 5.32 Å². The minimum atomic E-state index is -3.53. The van der Waals surface area contributed by atoms with E-state index in [-0.39, 0.29) is 19.0 Å². The highest BCUT2D eigenvalue weighted by Crippen LogP contribution is 2.34. The Balaban J connectivity index is 1.71. The number of aryl methyl sites for hydroxylation is 1. The highest BCUT2D eigenvalue weighted by molar-refractivity contribution is 7.92. The predicted octanol–water partition coefficient (Wildman–Crippen LogP) is 1.96. The molecule has 2 aromatic rings. The number of rotatable bonds is 6. The zero-order valence-electron chi connectivity index (χ0n) is 15.3. The molecule has 0 fully saturated rings. The molecular weight excluding hydrogens is 368 g/mol. The summed E-state index contributed by atoms with van der Waals surface area (Å²) in [5.74, 6) is 0.867. The minimum Gasteiger partial charge on any atom is -0.486 e. The predicted molar refractivity (Wildman–Crippen MR) is 103 cm³/mol. The third kappa shape index (κ3) is 4.51. The molecule has 1 N–H and O–H groups in total. The van der Waals surface area contributed by atoms with Crippen LogP contribution in [0.25, 0.3) is 0 Å². The summed E-state index contributed by atoms with van der Waals surface area (Å²) in [6.07, 6.45) is 1.13. The molecule has 3 rings (SSSR count). The Morgan fingerprint density at radius 1 is 1.11 bits per heavy atom. The number of amides is 1. The van der Waals surface area contributed by atoms with Gasteiger partial charge in [0.1, 0.15) is 13.2 Å². The topological polar surface area (TPSA) is 84.9 Å². The first-order valence-corrected chi connectivity index (χ1v) is 10.4. The molecule has 0 atom stereocenters. The van der Waals surface area contributed by atoms with E-state index in [1.54, 1.807) is 30.3 Å². The maximum absolute atomic E-state index is 12.3. The zero-order chi connectivity index (χ0) is 19.4. The number of benzene rings is 2. The van der Waals surface area contributed by atoms with E-state index in [4.69, 9.17) is 9.47 Å². The normalized spacial score (nSPS) is 13.1. The lowest BCUT2D eigenvalue weighted by molar-refractivity contribution is 0.0954. The lowest BCUT2D eigenvalue weighted by Gasteiger charge is -2.25. The number of hydrogen-bond donors (Lipinski definition) is 1. The molecule has 0 radical (unpaired) electrons. The monoisotopic (exact) mass is 390 g/mol. The number of fused-ring (bicyclic) bond motifs is 1. The molecule has 144 valence electrons. The third-order valence-corrected chi connectivity index (χ3v) is 5.40. The number of nitrogens with one attached hydrogen (secondary N) is 1. The third-order valence-electron chi connectivity index (χ3n) is 4.20. The number of nitrogens with zero attached hydrogens (tertiary/aromatic N) is 1. The Bertz CT molecular complexity index is 943. The average molecular weight is 390 g/mol. The molecule has 7 nitrogen and oxygen atoms in total. The largest absolute Gasteiger partial charge is 0.486 e. The van der Waals surface area contributed by atoms with Crippen molar-refractivity contribution in [3.8, 4) is 11.5 Å². The van der Waals surface area contributed by atoms with E-state index in [1.165, 1.54) is 4.31 Å². The van der Waals surface area contributed by atoms with Gasteiger partial charge in [0.05, 0.1) is 18.5 Å². The Morgan fingerprint density at radius 3 is 2.52 bits per heavy atom. The van der Waals surface area contributed by atoms with Crippen molar-refractivity contribution in [1.82, 2.24) is 5.32 Å². The highest BCUT2D eigenvalue weighted by atomic mass is 32.2. The van der Waals surface area contributed by atoms with Crippen LogP contribution in [0.4, 0.5) is 5.69 Å². The fraction of sp³-hybridized carbons (Fsp3) is 0.316. The van der Waals surface area contributed by atoms with Crippen LogP contribution < -0.4 is 19.1 Å². The van der Waals surface area contributed by atoms with Crippen LogP contribution in [0.3, 0.4) is 0 Å². The van der Waals surface area contributed by atoms with Crippen molar-refractivity contribution in [2.75, 3.05) is 36.9 Å². The van der Waals surface area contributed by atoms with Crippen LogP contribution in [-0.4, -0.2) is 46.9 Å². The first-order chi connectivity index (χ1) is 12.9. The maximum Gasteiger partial charge on any atom is 0.251 e. The van der Waals surface area contributed by atoms with Crippen LogP contribution in [-0.2, 0) is 10.0 Å². The minimum absolute atomic E-state index is 0.107. The second-order valence-electron chi connectivity index (χ2n) is 6.23. The van der Waals surface area contributed by atoms with Gasteiger partial charge in [-0.1, -0.05) is 18.2 Å². The Kier molecular flexibility index (Phi) is 5.55. The fourth-order valence-electron chi connectivity index (χ4n) is 2.87. The van der Waals surface area contributed by atoms with Crippen molar-refractivity contribution in [3.05, 3.63) is 53.6 Å². The van der Waals surface area contributed by atoms with E-state index < -0.39 is 10.0 Å². The molecule has 1 amide bonds. The van der Waals surface area contributed by atoms with Crippen LogP contribution in [0, 0.1) is 6.92 Å². The van der Waals surface area contributed by atoms with Crippen LogP contribution in [0.5, 0.6) is 11.5 Å². The van der Waals surface area contributed by atoms with Gasteiger partial charge < -0.3 is 14.8 Å². The maximum atomic E-state index is 12.3. The summed E-state index contributed by atoms with van der Waals surface area (Å²) < 4.78 is 36.7. The summed E-state index contributed by atoms with van der Waals surface area (Å²) in [6, 6.07) is 12.2. The second-order valence-corrected chi connectivity index (χ2v) is 8.14. The Labute approximate surface area is 158 Å². The van der Waals surface area contributed by atoms with Gasteiger partial charge in [-0.2, -0.15) is 0 Å². The van der Waals surface area contributed by atoms with Crippen molar-refractivity contribution < 1.29 is 22.7 Å². The molecule has 0 aliphatic carbocycles. The summed E-state index contributed by atoms with van der Waals surface area (Å²) >= 11 is 0. The van der Waals surface area contributed by atoms with Crippen LogP contribution in [0.15, 0.2) is 42.5 Å². The summed E-state index contributed by atoms with van der Waals surface area (Å²) in [5, 5.41) is 2.77. The number of carbonyl (C=O) groups is 1. The van der Waals surface area contributed by atoms with Gasteiger partial charge in [0, 0.05) is 18.2 Å². The van der Waals surface area contributed by atoms with Crippen LogP contribution in [0.2, 0.25) is 0 Å². The van der Waals surface area contributed by atoms with E-state index in [0.717, 1.165) is 11.8 Å². The van der Waals surface area contributed by atoms with Gasteiger partial charge in [0.25, 0.3) is 5.91 Å². The summed E-state index contributed by atoms with van der Waals surface area (Å²) in [6.45, 7) is 3.02. The van der Waals surface area contributed by atoms with Gasteiger partial charge in [-0.25, -0.2) is 8.42 Å². The van der Waals surface area contributed by atoms with Crippen molar-refractivity contribution in [2.24, 2.45) is 0 Å². The second kappa shape index (κ2) is 7.87. The molecule has 27 heavy (non-hydrogen) atoms. The lowest BCUT2D eigenvalue weighted by atomic mass is 10.1. The van der Waals surface area contributed by atoms with Gasteiger partial charge in [-0.3, -0.25) is 9.10 Å². The average Bonchev–Trinajstić information content (AvgIpc) is 2.64. The molecule has 0 bridgehead atoms. The SMILES string of the molecule is Cc1ccccc1C(=O)NCCN(c1ccc2c(c1)OCCO2)S(C)(=O)=O. The number of anilines is 1. The number of ether oxygens (including phenoxy) is 2. The molecule has 2 aromatic carbocycles. The van der Waals surface area contributed by atoms with Crippen molar-refractivity contribution in [1.29, 1.82) is 0 Å². The summed E-state index contributed by atoms with van der Waals surface area (Å²) in [5.41, 5.74) is 1.90. The summed E-state index contributed by atoms with van der Waals surface area (Å²) in [7, 11) is -3.53. The number of hydrogen-bond acceptors (Lipinski definition) is 5. The molecule has 1 heterocycles. The van der Waals surface area contributed by atoms with Gasteiger partial charge in [-0.05, 0) is 30.7 Å². The van der Waals surface area contributed by atoms with E-state index in [9.17, 15) is 13.2 Å². The van der Waals surface area contributed by atoms with E-state index >= 15 is 0 Å². The van der Waals surface area contributed by atoms with Gasteiger partial charge in [0.15, 0.2) is 11.5 Å². The van der Waals surface area contributed by atoms with Gasteiger partial charge in [0.2, 0.25) is 10.0 Å². The summed E-state index contributed by atoms with van der Waals surface area (Å²) in [4.78, 5) is 12.3.